The van der Waals surface area contributed by atoms with Gasteiger partial charge in [-0.2, -0.15) is 5.10 Å². The highest BCUT2D eigenvalue weighted by atomic mass is 19.1. The van der Waals surface area contributed by atoms with E-state index in [2.05, 4.69) is 10.4 Å². The molecule has 1 aromatic carbocycles. The van der Waals surface area contributed by atoms with Gasteiger partial charge in [0.15, 0.2) is 5.82 Å². The van der Waals surface area contributed by atoms with E-state index < -0.39 is 17.6 Å². The van der Waals surface area contributed by atoms with Crippen LogP contribution in [0, 0.1) is 19.7 Å². The summed E-state index contributed by atoms with van der Waals surface area (Å²) in [6, 6.07) is 6.22. The Morgan fingerprint density at radius 1 is 1.24 bits per heavy atom. The van der Waals surface area contributed by atoms with Crippen LogP contribution in [-0.4, -0.2) is 44.8 Å². The van der Waals surface area contributed by atoms with Gasteiger partial charge in [0.2, 0.25) is 0 Å². The largest absolute Gasteiger partial charge is 0.395 e. The number of aryl methyl sites for hydroxylation is 2. The van der Waals surface area contributed by atoms with Gasteiger partial charge in [0, 0.05) is 17.5 Å². The maximum absolute atomic E-state index is 14.5. The van der Waals surface area contributed by atoms with Gasteiger partial charge in [0.05, 0.1) is 18.8 Å². The number of amides is 2. The van der Waals surface area contributed by atoms with Crippen LogP contribution < -0.4 is 5.32 Å². The Morgan fingerprint density at radius 3 is 2.60 bits per heavy atom. The summed E-state index contributed by atoms with van der Waals surface area (Å²) in [6.45, 7) is 3.26. The molecule has 0 saturated heterocycles. The van der Waals surface area contributed by atoms with Gasteiger partial charge in [-0.3, -0.25) is 14.5 Å². The van der Waals surface area contributed by atoms with Crippen LogP contribution in [0.25, 0.3) is 5.69 Å². The Kier molecular flexibility index (Phi) is 4.37. The first-order valence-electron chi connectivity index (χ1n) is 7.69. The summed E-state index contributed by atoms with van der Waals surface area (Å²) < 4.78 is 16.0. The minimum absolute atomic E-state index is 0.0386. The summed E-state index contributed by atoms with van der Waals surface area (Å²) in [7, 11) is 0. The summed E-state index contributed by atoms with van der Waals surface area (Å²) >= 11 is 0. The average molecular weight is 344 g/mol. The van der Waals surface area contributed by atoms with Crippen LogP contribution in [0.5, 0.6) is 0 Å². The Morgan fingerprint density at radius 2 is 2.00 bits per heavy atom. The fourth-order valence-corrected chi connectivity index (χ4v) is 2.69. The number of aliphatic hydroxyl groups excluding tert-OH is 1. The van der Waals surface area contributed by atoms with Crippen molar-refractivity contribution in [3.8, 4) is 5.69 Å². The maximum Gasteiger partial charge on any atom is 0.277 e. The molecule has 0 radical (unpaired) electrons. The number of imide groups is 1. The predicted octanol–water partition coefficient (Wildman–Crippen LogP) is 1.29. The number of anilines is 1. The molecule has 1 aliphatic heterocycles. The van der Waals surface area contributed by atoms with E-state index in [0.717, 1.165) is 22.4 Å². The first-order valence-corrected chi connectivity index (χ1v) is 7.69. The molecule has 0 atom stereocenters. The average Bonchev–Trinajstić information content (AvgIpc) is 3.01. The normalized spacial score (nSPS) is 14.2. The highest BCUT2D eigenvalue weighted by molar-refractivity contribution is 6.17. The number of hydrogen-bond acceptors (Lipinski definition) is 5. The van der Waals surface area contributed by atoms with E-state index in [-0.39, 0.29) is 18.8 Å². The molecule has 3 rings (SSSR count). The molecule has 0 aliphatic carbocycles. The molecule has 2 amide bonds. The summed E-state index contributed by atoms with van der Waals surface area (Å²) in [6.07, 6.45) is 1.13. The van der Waals surface area contributed by atoms with E-state index in [4.69, 9.17) is 5.11 Å². The number of β-amino-alcohol motifs (C(OH)–C–C–N with tert-alkyl or cyclic N) is 1. The summed E-state index contributed by atoms with van der Waals surface area (Å²) in [5.74, 6) is -1.58. The van der Waals surface area contributed by atoms with Crippen molar-refractivity contribution < 1.29 is 19.1 Å². The highest BCUT2D eigenvalue weighted by Gasteiger charge is 2.30. The molecule has 0 unspecified atom stereocenters. The molecule has 7 nitrogen and oxygen atoms in total. The van der Waals surface area contributed by atoms with Gasteiger partial charge in [0.1, 0.15) is 11.4 Å². The molecule has 2 heterocycles. The van der Waals surface area contributed by atoms with E-state index >= 15 is 0 Å². The Hall–Kier alpha value is -3.00. The van der Waals surface area contributed by atoms with E-state index in [1.807, 2.05) is 19.9 Å². The zero-order valence-electron chi connectivity index (χ0n) is 13.8. The van der Waals surface area contributed by atoms with E-state index in [0.29, 0.717) is 11.4 Å². The number of benzene rings is 1. The lowest BCUT2D eigenvalue weighted by Crippen LogP contribution is -2.34. The number of nitrogens with one attached hydrogen (secondary N) is 1. The number of hydrogen-bond donors (Lipinski definition) is 2. The van der Waals surface area contributed by atoms with E-state index in [9.17, 15) is 14.0 Å². The van der Waals surface area contributed by atoms with Gasteiger partial charge in [-0.15, -0.1) is 0 Å². The molecule has 0 bridgehead atoms. The third-order valence-electron chi connectivity index (χ3n) is 3.80. The zero-order chi connectivity index (χ0) is 18.1. The molecule has 2 N–H and O–H groups in total. The van der Waals surface area contributed by atoms with Crippen molar-refractivity contribution in [1.82, 2.24) is 14.7 Å². The topological polar surface area (TPSA) is 87.5 Å². The van der Waals surface area contributed by atoms with Gasteiger partial charge in [0.25, 0.3) is 11.8 Å². The van der Waals surface area contributed by atoms with Crippen LogP contribution in [0.4, 0.5) is 10.1 Å². The number of aromatic nitrogens is 2. The number of nitrogens with zero attached hydrogens (tertiary/aromatic N) is 3. The van der Waals surface area contributed by atoms with Gasteiger partial charge >= 0.3 is 0 Å². The Bertz CT molecular complexity index is 888. The highest BCUT2D eigenvalue weighted by Crippen LogP contribution is 2.22. The van der Waals surface area contributed by atoms with Gasteiger partial charge < -0.3 is 10.4 Å². The van der Waals surface area contributed by atoms with Crippen LogP contribution in [0.2, 0.25) is 0 Å². The third-order valence-corrected chi connectivity index (χ3v) is 3.80. The van der Waals surface area contributed by atoms with Crippen LogP contribution in [-0.2, 0) is 9.59 Å². The number of halogens is 1. The molecule has 25 heavy (non-hydrogen) atoms. The molecule has 2 aromatic rings. The first kappa shape index (κ1) is 16.8. The van der Waals surface area contributed by atoms with Crippen LogP contribution >= 0.6 is 0 Å². The number of rotatable bonds is 5. The minimum atomic E-state index is -0.554. The minimum Gasteiger partial charge on any atom is -0.395 e. The lowest BCUT2D eigenvalue weighted by Gasteiger charge is -2.14. The first-order chi connectivity index (χ1) is 11.9. The van der Waals surface area contributed by atoms with Gasteiger partial charge in [-0.1, -0.05) is 0 Å². The molecule has 1 aromatic heterocycles. The molecule has 0 fully saturated rings. The van der Waals surface area contributed by atoms with Crippen molar-refractivity contribution >= 4 is 17.5 Å². The van der Waals surface area contributed by atoms with Crippen molar-refractivity contribution in [2.24, 2.45) is 0 Å². The quantitative estimate of drug-likeness (QED) is 0.798. The van der Waals surface area contributed by atoms with Crippen molar-refractivity contribution in [3.05, 3.63) is 53.2 Å². The van der Waals surface area contributed by atoms with Crippen LogP contribution in [0.15, 0.2) is 36.0 Å². The maximum atomic E-state index is 14.5. The molecule has 0 spiro atoms. The zero-order valence-corrected chi connectivity index (χ0v) is 13.8. The molecule has 0 saturated carbocycles. The summed E-state index contributed by atoms with van der Waals surface area (Å²) in [5, 5.41) is 15.9. The van der Waals surface area contributed by atoms with E-state index in [1.165, 1.54) is 10.7 Å². The molecular formula is C17H17FN4O3. The van der Waals surface area contributed by atoms with Crippen molar-refractivity contribution in [3.63, 3.8) is 0 Å². The van der Waals surface area contributed by atoms with Gasteiger partial charge in [-0.25, -0.2) is 9.07 Å². The van der Waals surface area contributed by atoms with Gasteiger partial charge in [-0.05, 0) is 38.1 Å². The lowest BCUT2D eigenvalue weighted by atomic mass is 10.2. The fourth-order valence-electron chi connectivity index (χ4n) is 2.69. The summed E-state index contributed by atoms with van der Waals surface area (Å²) in [4.78, 5) is 24.7. The van der Waals surface area contributed by atoms with Crippen molar-refractivity contribution in [1.29, 1.82) is 0 Å². The van der Waals surface area contributed by atoms with Crippen LogP contribution in [0.3, 0.4) is 0 Å². The Labute approximate surface area is 143 Å². The smallest absolute Gasteiger partial charge is 0.277 e. The SMILES string of the molecule is Cc1cc(C)n(-c2ccc(NC3=CC(=O)N(CCO)C3=O)cc2F)n1. The molecule has 8 heteroatoms. The Balaban J connectivity index is 1.83. The second-order valence-electron chi connectivity index (χ2n) is 5.71. The molecule has 1 aliphatic rings. The molecule has 130 valence electrons. The lowest BCUT2D eigenvalue weighted by molar-refractivity contribution is -0.137. The standard InChI is InChI=1S/C17H17FN4O3/c1-10-7-11(2)22(20-10)15-4-3-12(8-13(15)18)19-14-9-16(24)21(5-6-23)17(14)25/h3-4,7-9,19,23H,5-6H2,1-2H3. The number of aliphatic hydroxyl groups is 1. The fraction of sp³-hybridized carbons (Fsp3) is 0.235. The van der Waals surface area contributed by atoms with E-state index in [1.54, 1.807) is 12.1 Å². The molecular weight excluding hydrogens is 327 g/mol. The van der Waals surface area contributed by atoms with Crippen molar-refractivity contribution in [2.75, 3.05) is 18.5 Å². The number of carbonyl (C=O) groups excluding carboxylic acids is 2. The van der Waals surface area contributed by atoms with Crippen molar-refractivity contribution in [2.45, 2.75) is 13.8 Å². The summed E-state index contributed by atoms with van der Waals surface area (Å²) in [5.41, 5.74) is 2.25. The third kappa shape index (κ3) is 3.16. The predicted molar refractivity (Wildman–Crippen MR) is 88.5 cm³/mol. The second-order valence-corrected chi connectivity index (χ2v) is 5.71. The monoisotopic (exact) mass is 344 g/mol. The van der Waals surface area contributed by atoms with Crippen LogP contribution in [0.1, 0.15) is 11.4 Å². The second kappa shape index (κ2) is 6.48. The number of carbonyl (C=O) groups is 2.